The lowest BCUT2D eigenvalue weighted by Crippen LogP contribution is -2.43. The molecule has 1 aromatic carbocycles. The van der Waals surface area contributed by atoms with E-state index in [1.54, 1.807) is 31.2 Å². The van der Waals surface area contributed by atoms with E-state index in [1.807, 2.05) is 5.32 Å². The second kappa shape index (κ2) is 6.22. The molecule has 3 amide bonds. The van der Waals surface area contributed by atoms with Crippen LogP contribution in [0.1, 0.15) is 13.3 Å². The van der Waals surface area contributed by atoms with Crippen molar-refractivity contribution in [2.24, 2.45) is 5.73 Å². The molecule has 1 atom stereocenters. The van der Waals surface area contributed by atoms with Crippen LogP contribution < -0.4 is 20.7 Å². The largest absolute Gasteiger partial charge is 0.374 e. The fourth-order valence-corrected chi connectivity index (χ4v) is 3.76. The van der Waals surface area contributed by atoms with Gasteiger partial charge in [0.2, 0.25) is 15.9 Å². The predicted molar refractivity (Wildman–Crippen MR) is 83.0 cm³/mol. The molecule has 1 aliphatic heterocycles. The Morgan fingerprint density at radius 3 is 2.41 bits per heavy atom. The SMILES string of the molecule is CC(Nc1ccc(N2CCCS2(=O)=O)cc1)C(=O)NC(N)=O. The highest BCUT2D eigenvalue weighted by Gasteiger charge is 2.28. The maximum Gasteiger partial charge on any atom is 0.318 e. The molecule has 9 heteroatoms. The summed E-state index contributed by atoms with van der Waals surface area (Å²) in [6.07, 6.45) is 0.618. The molecular weight excluding hydrogens is 308 g/mol. The summed E-state index contributed by atoms with van der Waals surface area (Å²) in [5.74, 6) is -0.379. The van der Waals surface area contributed by atoms with Crippen molar-refractivity contribution in [1.82, 2.24) is 5.32 Å². The molecule has 1 saturated heterocycles. The number of carbonyl (C=O) groups excluding carboxylic acids is 2. The summed E-state index contributed by atoms with van der Waals surface area (Å²) in [6.45, 7) is 2.06. The van der Waals surface area contributed by atoms with Crippen LogP contribution in [0.2, 0.25) is 0 Å². The Morgan fingerprint density at radius 2 is 1.91 bits per heavy atom. The van der Waals surface area contributed by atoms with Crippen molar-refractivity contribution in [3.05, 3.63) is 24.3 Å². The highest BCUT2D eigenvalue weighted by molar-refractivity contribution is 7.93. The van der Waals surface area contributed by atoms with Crippen molar-refractivity contribution >= 4 is 33.3 Å². The van der Waals surface area contributed by atoms with Crippen molar-refractivity contribution in [2.75, 3.05) is 21.9 Å². The van der Waals surface area contributed by atoms with Crippen LogP contribution in [0.4, 0.5) is 16.2 Å². The zero-order valence-corrected chi connectivity index (χ0v) is 12.9. The molecule has 4 N–H and O–H groups in total. The van der Waals surface area contributed by atoms with Crippen LogP contribution >= 0.6 is 0 Å². The van der Waals surface area contributed by atoms with Crippen LogP contribution in [0.25, 0.3) is 0 Å². The third-order valence-corrected chi connectivity index (χ3v) is 5.15. The summed E-state index contributed by atoms with van der Waals surface area (Å²) in [7, 11) is -3.21. The fourth-order valence-electron chi connectivity index (χ4n) is 2.20. The number of nitrogens with one attached hydrogen (secondary N) is 2. The van der Waals surface area contributed by atoms with E-state index in [4.69, 9.17) is 5.73 Å². The first-order valence-corrected chi connectivity index (χ1v) is 8.38. The Bertz CT molecular complexity index is 672. The number of sulfonamides is 1. The molecule has 0 saturated carbocycles. The number of carbonyl (C=O) groups is 2. The molecule has 1 heterocycles. The van der Waals surface area contributed by atoms with Gasteiger partial charge in [0, 0.05) is 12.2 Å². The average Bonchev–Trinajstić information content (AvgIpc) is 2.78. The molecule has 0 spiro atoms. The number of amides is 3. The van der Waals surface area contributed by atoms with Crippen LogP contribution in [0.3, 0.4) is 0 Å². The summed E-state index contributed by atoms with van der Waals surface area (Å²) < 4.78 is 25.0. The van der Waals surface area contributed by atoms with Crippen LogP contribution in [0, 0.1) is 0 Å². The number of primary amides is 1. The van der Waals surface area contributed by atoms with Crippen LogP contribution in [0.15, 0.2) is 24.3 Å². The Morgan fingerprint density at radius 1 is 1.27 bits per heavy atom. The second-order valence-electron chi connectivity index (χ2n) is 5.01. The zero-order chi connectivity index (χ0) is 16.3. The first-order chi connectivity index (χ1) is 10.3. The van der Waals surface area contributed by atoms with Crippen molar-refractivity contribution in [1.29, 1.82) is 0 Å². The van der Waals surface area contributed by atoms with E-state index in [0.29, 0.717) is 24.3 Å². The normalized spacial score (nSPS) is 17.8. The molecular formula is C13H18N4O4S. The van der Waals surface area contributed by atoms with Crippen molar-refractivity contribution in [3.63, 3.8) is 0 Å². The number of anilines is 2. The number of nitrogens with two attached hydrogens (primary N) is 1. The van der Waals surface area contributed by atoms with E-state index in [9.17, 15) is 18.0 Å². The molecule has 1 unspecified atom stereocenters. The van der Waals surface area contributed by atoms with Gasteiger partial charge in [-0.3, -0.25) is 14.4 Å². The molecule has 1 aromatic rings. The van der Waals surface area contributed by atoms with Crippen molar-refractivity contribution in [3.8, 4) is 0 Å². The Balaban J connectivity index is 2.03. The molecule has 0 bridgehead atoms. The number of urea groups is 1. The molecule has 2 rings (SSSR count). The van der Waals surface area contributed by atoms with Gasteiger partial charge in [-0.1, -0.05) is 0 Å². The minimum absolute atomic E-state index is 0.164. The third-order valence-electron chi connectivity index (χ3n) is 3.28. The Kier molecular flexibility index (Phi) is 4.55. The summed E-state index contributed by atoms with van der Waals surface area (Å²) in [5, 5.41) is 4.88. The van der Waals surface area contributed by atoms with E-state index in [-0.39, 0.29) is 5.75 Å². The van der Waals surface area contributed by atoms with Gasteiger partial charge in [0.25, 0.3) is 0 Å². The van der Waals surface area contributed by atoms with Gasteiger partial charge in [-0.05, 0) is 37.6 Å². The number of benzene rings is 1. The lowest BCUT2D eigenvalue weighted by atomic mass is 10.2. The number of nitrogens with zero attached hydrogens (tertiary/aromatic N) is 1. The maximum absolute atomic E-state index is 11.8. The zero-order valence-electron chi connectivity index (χ0n) is 12.1. The van der Waals surface area contributed by atoms with E-state index >= 15 is 0 Å². The van der Waals surface area contributed by atoms with E-state index in [2.05, 4.69) is 5.32 Å². The molecule has 0 aromatic heterocycles. The summed E-state index contributed by atoms with van der Waals surface area (Å²) in [4.78, 5) is 22.2. The molecule has 8 nitrogen and oxygen atoms in total. The van der Waals surface area contributed by atoms with Crippen molar-refractivity contribution < 1.29 is 18.0 Å². The third kappa shape index (κ3) is 3.67. The first kappa shape index (κ1) is 16.1. The van der Waals surface area contributed by atoms with Gasteiger partial charge < -0.3 is 11.1 Å². The molecule has 22 heavy (non-hydrogen) atoms. The quantitative estimate of drug-likeness (QED) is 0.731. The minimum Gasteiger partial charge on any atom is -0.374 e. The summed E-state index contributed by atoms with van der Waals surface area (Å²) >= 11 is 0. The van der Waals surface area contributed by atoms with Gasteiger partial charge in [-0.25, -0.2) is 13.2 Å². The molecule has 120 valence electrons. The molecule has 0 radical (unpaired) electrons. The topological polar surface area (TPSA) is 122 Å². The van der Waals surface area contributed by atoms with Gasteiger partial charge in [0.05, 0.1) is 11.4 Å². The monoisotopic (exact) mass is 326 g/mol. The van der Waals surface area contributed by atoms with Gasteiger partial charge in [0.1, 0.15) is 6.04 Å². The number of hydrogen-bond acceptors (Lipinski definition) is 5. The molecule has 1 fully saturated rings. The highest BCUT2D eigenvalue weighted by atomic mass is 32.2. The van der Waals surface area contributed by atoms with Gasteiger partial charge >= 0.3 is 6.03 Å². The lowest BCUT2D eigenvalue weighted by molar-refractivity contribution is -0.120. The van der Waals surface area contributed by atoms with Crippen LogP contribution in [-0.2, 0) is 14.8 Å². The van der Waals surface area contributed by atoms with Crippen molar-refractivity contribution in [2.45, 2.75) is 19.4 Å². The molecule has 0 aliphatic carbocycles. The second-order valence-corrected chi connectivity index (χ2v) is 7.02. The van der Waals surface area contributed by atoms with Crippen LogP contribution in [-0.4, -0.2) is 38.7 Å². The van der Waals surface area contributed by atoms with Gasteiger partial charge in [-0.2, -0.15) is 0 Å². The number of hydrogen-bond donors (Lipinski definition) is 3. The standard InChI is InChI=1S/C13H18N4O4S/c1-9(12(18)16-13(14)19)15-10-3-5-11(6-4-10)17-7-2-8-22(17,20)21/h3-6,9,15H,2,7-8H2,1H3,(H3,14,16,18,19). The van der Waals surface area contributed by atoms with Gasteiger partial charge in [-0.15, -0.1) is 0 Å². The van der Waals surface area contributed by atoms with Crippen LogP contribution in [0.5, 0.6) is 0 Å². The van der Waals surface area contributed by atoms with Gasteiger partial charge in [0.15, 0.2) is 0 Å². The first-order valence-electron chi connectivity index (χ1n) is 6.77. The van der Waals surface area contributed by atoms with E-state index < -0.39 is 28.0 Å². The number of imide groups is 1. The predicted octanol–water partition coefficient (Wildman–Crippen LogP) is 0.222. The Labute approximate surface area is 128 Å². The summed E-state index contributed by atoms with van der Waals surface area (Å²) in [5.41, 5.74) is 6.11. The fraction of sp³-hybridized carbons (Fsp3) is 0.385. The Hall–Kier alpha value is -2.29. The minimum atomic E-state index is -3.21. The number of rotatable bonds is 4. The maximum atomic E-state index is 11.8. The highest BCUT2D eigenvalue weighted by Crippen LogP contribution is 2.25. The smallest absolute Gasteiger partial charge is 0.318 e. The lowest BCUT2D eigenvalue weighted by Gasteiger charge is -2.18. The summed E-state index contributed by atoms with van der Waals surface area (Å²) in [6, 6.07) is 5.13. The molecule has 1 aliphatic rings. The van der Waals surface area contributed by atoms with E-state index in [0.717, 1.165) is 0 Å². The van der Waals surface area contributed by atoms with E-state index in [1.165, 1.54) is 4.31 Å². The average molecular weight is 326 g/mol.